The summed E-state index contributed by atoms with van der Waals surface area (Å²) in [5.41, 5.74) is 1.78. The van der Waals surface area contributed by atoms with Crippen molar-refractivity contribution in [1.82, 2.24) is 0 Å². The van der Waals surface area contributed by atoms with E-state index in [1.54, 1.807) is 0 Å². The normalized spacial score (nSPS) is 42.7. The van der Waals surface area contributed by atoms with Crippen molar-refractivity contribution < 1.29 is 14.3 Å². The second-order valence-corrected chi connectivity index (χ2v) is 11.4. The molecule has 4 rings (SSSR count). The fourth-order valence-electron chi connectivity index (χ4n) is 8.13. The molecule has 0 aliphatic heterocycles. The number of unbranched alkanes of at least 4 members (excludes halogenated alkanes) is 3. The lowest BCUT2D eigenvalue weighted by Crippen LogP contribution is -2.52. The highest BCUT2D eigenvalue weighted by molar-refractivity contribution is 5.91. The summed E-state index contributed by atoms with van der Waals surface area (Å²) in [7, 11) is 0. The van der Waals surface area contributed by atoms with Gasteiger partial charge in [0.2, 0.25) is 0 Å². The van der Waals surface area contributed by atoms with E-state index < -0.39 is 0 Å². The van der Waals surface area contributed by atoms with E-state index >= 15 is 0 Å². The Labute approximate surface area is 183 Å². The van der Waals surface area contributed by atoms with Crippen LogP contribution in [0.15, 0.2) is 11.6 Å². The first-order valence-corrected chi connectivity index (χ1v) is 12.7. The molecule has 0 radical (unpaired) electrons. The van der Waals surface area contributed by atoms with Crippen molar-refractivity contribution in [2.24, 2.45) is 34.5 Å². The van der Waals surface area contributed by atoms with Crippen LogP contribution in [0.1, 0.15) is 105 Å². The van der Waals surface area contributed by atoms with E-state index in [-0.39, 0.29) is 22.9 Å². The standard InChI is InChI=1S/C27H42O3/c1-5-6-7-8-9-24(29)30-23-16-18(2)25-21-11-10-19-17-20(28)12-14-26(19,3)22(21)13-15-27(23,25)4/h17-18,21-23,25H,5-16H2,1-4H3/t18?,21-,22+,23+,25+,26+,27-/m1/s1. The Morgan fingerprint density at radius 1 is 1.13 bits per heavy atom. The topological polar surface area (TPSA) is 43.4 Å². The molecule has 3 heteroatoms. The maximum Gasteiger partial charge on any atom is 0.306 e. The second-order valence-electron chi connectivity index (χ2n) is 11.4. The number of hydrogen-bond acceptors (Lipinski definition) is 3. The molecule has 4 aliphatic carbocycles. The van der Waals surface area contributed by atoms with Crippen molar-refractivity contribution in [3.8, 4) is 0 Å². The van der Waals surface area contributed by atoms with Gasteiger partial charge in [-0.2, -0.15) is 0 Å². The summed E-state index contributed by atoms with van der Waals surface area (Å²) < 4.78 is 6.17. The molecule has 0 aromatic heterocycles. The first-order valence-electron chi connectivity index (χ1n) is 12.7. The maximum atomic E-state index is 12.6. The largest absolute Gasteiger partial charge is 0.462 e. The van der Waals surface area contributed by atoms with Gasteiger partial charge < -0.3 is 4.74 Å². The molecule has 0 aromatic rings. The number of allylic oxidation sites excluding steroid dienone is 1. The van der Waals surface area contributed by atoms with Crippen molar-refractivity contribution in [2.75, 3.05) is 0 Å². The van der Waals surface area contributed by atoms with Crippen molar-refractivity contribution in [1.29, 1.82) is 0 Å². The van der Waals surface area contributed by atoms with Gasteiger partial charge in [-0.05, 0) is 80.1 Å². The first kappa shape index (κ1) is 22.1. The van der Waals surface area contributed by atoms with Crippen molar-refractivity contribution in [3.05, 3.63) is 11.6 Å². The lowest BCUT2D eigenvalue weighted by atomic mass is 9.46. The summed E-state index contributed by atoms with van der Waals surface area (Å²) in [6, 6.07) is 0. The molecular weight excluding hydrogens is 372 g/mol. The fourth-order valence-corrected chi connectivity index (χ4v) is 8.13. The summed E-state index contributed by atoms with van der Waals surface area (Å²) in [4.78, 5) is 24.6. The number of carbonyl (C=O) groups excluding carboxylic acids is 2. The summed E-state index contributed by atoms with van der Waals surface area (Å²) in [5, 5.41) is 0. The number of ether oxygens (including phenoxy) is 1. The van der Waals surface area contributed by atoms with Crippen LogP contribution in [0.4, 0.5) is 0 Å². The lowest BCUT2D eigenvalue weighted by Gasteiger charge is -2.58. The minimum absolute atomic E-state index is 0.0268. The van der Waals surface area contributed by atoms with Gasteiger partial charge >= 0.3 is 5.97 Å². The van der Waals surface area contributed by atoms with Crippen molar-refractivity contribution >= 4 is 11.8 Å². The van der Waals surface area contributed by atoms with E-state index in [1.807, 2.05) is 6.08 Å². The highest BCUT2D eigenvalue weighted by atomic mass is 16.5. The molecule has 0 heterocycles. The minimum Gasteiger partial charge on any atom is -0.462 e. The molecule has 3 fully saturated rings. The number of hydrogen-bond donors (Lipinski definition) is 0. The van der Waals surface area contributed by atoms with E-state index in [0.717, 1.165) is 44.9 Å². The Balaban J connectivity index is 1.47. The molecule has 3 saturated carbocycles. The van der Waals surface area contributed by atoms with Crippen LogP contribution in [-0.2, 0) is 14.3 Å². The Kier molecular flexibility index (Phi) is 6.21. The van der Waals surface area contributed by atoms with Crippen LogP contribution in [0.25, 0.3) is 0 Å². The van der Waals surface area contributed by atoms with Crippen LogP contribution in [0, 0.1) is 34.5 Å². The molecule has 168 valence electrons. The van der Waals surface area contributed by atoms with Crippen LogP contribution in [0.3, 0.4) is 0 Å². The van der Waals surface area contributed by atoms with Gasteiger partial charge in [-0.3, -0.25) is 9.59 Å². The molecule has 0 N–H and O–H groups in total. The number of ketones is 1. The minimum atomic E-state index is 0.0268. The predicted molar refractivity (Wildman–Crippen MR) is 120 cm³/mol. The van der Waals surface area contributed by atoms with Crippen LogP contribution >= 0.6 is 0 Å². The van der Waals surface area contributed by atoms with E-state index in [1.165, 1.54) is 31.3 Å². The number of fused-ring (bicyclic) bond motifs is 5. The first-order chi connectivity index (χ1) is 14.3. The quantitative estimate of drug-likeness (QED) is 0.361. The van der Waals surface area contributed by atoms with Crippen LogP contribution in [0.5, 0.6) is 0 Å². The average Bonchev–Trinajstić information content (AvgIpc) is 2.96. The molecule has 1 unspecified atom stereocenters. The summed E-state index contributed by atoms with van der Waals surface area (Å²) >= 11 is 0. The molecule has 4 aliphatic rings. The molecule has 0 spiro atoms. The monoisotopic (exact) mass is 414 g/mol. The molecule has 0 aromatic carbocycles. The van der Waals surface area contributed by atoms with E-state index in [2.05, 4.69) is 27.7 Å². The van der Waals surface area contributed by atoms with E-state index in [9.17, 15) is 9.59 Å². The zero-order valence-electron chi connectivity index (χ0n) is 19.7. The SMILES string of the molecule is CCCCCCC(=O)O[C@H]1CC(C)[C@H]2[C@@H]3CCC4=CC(=O)CC[C@]4(C)[C@H]3CC[C@]12C. The molecule has 3 nitrogen and oxygen atoms in total. The van der Waals surface area contributed by atoms with Crippen LogP contribution in [-0.4, -0.2) is 17.9 Å². The molecular formula is C27H42O3. The zero-order valence-corrected chi connectivity index (χ0v) is 19.7. The molecule has 7 atom stereocenters. The van der Waals surface area contributed by atoms with Gasteiger partial charge in [-0.15, -0.1) is 0 Å². The van der Waals surface area contributed by atoms with Crippen LogP contribution < -0.4 is 0 Å². The van der Waals surface area contributed by atoms with Crippen LogP contribution in [0.2, 0.25) is 0 Å². The molecule has 0 saturated heterocycles. The number of rotatable bonds is 6. The fraction of sp³-hybridized carbons (Fsp3) is 0.852. The third-order valence-electron chi connectivity index (χ3n) is 9.70. The maximum absolute atomic E-state index is 12.6. The van der Waals surface area contributed by atoms with Gasteiger partial charge in [0.1, 0.15) is 6.10 Å². The Bertz CT molecular complexity index is 709. The second kappa shape index (κ2) is 8.43. The van der Waals surface area contributed by atoms with Gasteiger partial charge in [-0.1, -0.05) is 52.5 Å². The van der Waals surface area contributed by atoms with Crippen molar-refractivity contribution in [3.63, 3.8) is 0 Å². The average molecular weight is 415 g/mol. The Hall–Kier alpha value is -1.12. The third kappa shape index (κ3) is 3.69. The summed E-state index contributed by atoms with van der Waals surface area (Å²) in [6.07, 6.45) is 14.6. The van der Waals surface area contributed by atoms with Gasteiger partial charge in [-0.25, -0.2) is 0 Å². The zero-order chi connectivity index (χ0) is 21.5. The van der Waals surface area contributed by atoms with E-state index in [4.69, 9.17) is 4.74 Å². The predicted octanol–water partition coefficient (Wildman–Crippen LogP) is 6.65. The van der Waals surface area contributed by atoms with Gasteiger partial charge in [0, 0.05) is 18.3 Å². The smallest absolute Gasteiger partial charge is 0.306 e. The van der Waals surface area contributed by atoms with E-state index in [0.29, 0.717) is 35.9 Å². The Morgan fingerprint density at radius 2 is 1.93 bits per heavy atom. The lowest BCUT2D eigenvalue weighted by molar-refractivity contribution is -0.160. The van der Waals surface area contributed by atoms with Gasteiger partial charge in [0.15, 0.2) is 5.78 Å². The highest BCUT2D eigenvalue weighted by Crippen LogP contribution is 2.66. The Morgan fingerprint density at radius 3 is 2.70 bits per heavy atom. The number of carbonyl (C=O) groups is 2. The number of esters is 1. The molecule has 30 heavy (non-hydrogen) atoms. The highest BCUT2D eigenvalue weighted by Gasteiger charge is 2.62. The third-order valence-corrected chi connectivity index (χ3v) is 9.70. The van der Waals surface area contributed by atoms with Gasteiger partial charge in [0.25, 0.3) is 0 Å². The summed E-state index contributed by atoms with van der Waals surface area (Å²) in [6.45, 7) is 9.46. The van der Waals surface area contributed by atoms with Crippen molar-refractivity contribution in [2.45, 2.75) is 111 Å². The summed E-state index contributed by atoms with van der Waals surface area (Å²) in [5.74, 6) is 3.02. The van der Waals surface area contributed by atoms with Gasteiger partial charge in [0.05, 0.1) is 0 Å². The molecule has 0 amide bonds. The molecule has 0 bridgehead atoms.